The lowest BCUT2D eigenvalue weighted by atomic mass is 10.3. The second-order valence-electron chi connectivity index (χ2n) is 4.59. The minimum absolute atomic E-state index is 0.0851. The van der Waals surface area contributed by atoms with Gasteiger partial charge in [-0.3, -0.25) is 4.79 Å². The molecule has 1 fully saturated rings. The molecule has 18 heavy (non-hydrogen) atoms. The number of carbonyl (C=O) groups is 1. The zero-order valence-corrected chi connectivity index (χ0v) is 11.7. The van der Waals surface area contributed by atoms with E-state index in [1.807, 2.05) is 20.8 Å². The Kier molecular flexibility index (Phi) is 7.23. The van der Waals surface area contributed by atoms with Crippen molar-refractivity contribution in [2.45, 2.75) is 58.4 Å². The normalized spacial score (nSPS) is 16.9. The molecule has 0 bridgehead atoms. The van der Waals surface area contributed by atoms with Crippen molar-refractivity contribution < 1.29 is 14.3 Å². The number of rotatable bonds is 10. The third-order valence-corrected chi connectivity index (χ3v) is 2.85. The molecular formula is C13H26N2O3. The van der Waals surface area contributed by atoms with E-state index in [1.54, 1.807) is 0 Å². The lowest BCUT2D eigenvalue weighted by molar-refractivity contribution is -0.139. The van der Waals surface area contributed by atoms with Crippen LogP contribution in [-0.4, -0.2) is 44.0 Å². The molecule has 0 saturated heterocycles. The van der Waals surface area contributed by atoms with Crippen molar-refractivity contribution in [1.29, 1.82) is 0 Å². The Morgan fingerprint density at radius 2 is 1.89 bits per heavy atom. The fraction of sp³-hybridized carbons (Fsp3) is 0.923. The van der Waals surface area contributed by atoms with Gasteiger partial charge in [-0.2, -0.15) is 0 Å². The van der Waals surface area contributed by atoms with Gasteiger partial charge in [0.05, 0.1) is 6.04 Å². The molecule has 1 aliphatic rings. The van der Waals surface area contributed by atoms with E-state index in [1.165, 1.54) is 0 Å². The molecular weight excluding hydrogens is 232 g/mol. The molecule has 0 aromatic rings. The first-order valence-electron chi connectivity index (χ1n) is 6.94. The Labute approximate surface area is 110 Å². The Bertz CT molecular complexity index is 238. The number of hydrogen-bond donors (Lipinski definition) is 2. The van der Waals surface area contributed by atoms with Gasteiger partial charge in [-0.15, -0.1) is 0 Å². The zero-order chi connectivity index (χ0) is 13.4. The Balaban J connectivity index is 2.11. The Morgan fingerprint density at radius 1 is 1.28 bits per heavy atom. The fourth-order valence-corrected chi connectivity index (χ4v) is 1.65. The van der Waals surface area contributed by atoms with E-state index in [9.17, 15) is 4.79 Å². The third kappa shape index (κ3) is 6.33. The molecule has 0 radical (unpaired) electrons. The molecule has 0 aromatic carbocycles. The largest absolute Gasteiger partial charge is 0.353 e. The van der Waals surface area contributed by atoms with E-state index in [0.29, 0.717) is 25.8 Å². The summed E-state index contributed by atoms with van der Waals surface area (Å²) in [7, 11) is 0. The molecule has 1 amide bonds. The van der Waals surface area contributed by atoms with Crippen molar-refractivity contribution in [3.63, 3.8) is 0 Å². The maximum Gasteiger partial charge on any atom is 0.237 e. The van der Waals surface area contributed by atoms with Gasteiger partial charge in [0.2, 0.25) is 5.91 Å². The Hall–Kier alpha value is -0.650. The van der Waals surface area contributed by atoms with E-state index in [4.69, 9.17) is 9.47 Å². The minimum atomic E-state index is -0.175. The van der Waals surface area contributed by atoms with Crippen LogP contribution in [0.2, 0.25) is 0 Å². The summed E-state index contributed by atoms with van der Waals surface area (Å²) >= 11 is 0. The van der Waals surface area contributed by atoms with Crippen LogP contribution in [-0.2, 0) is 14.3 Å². The van der Waals surface area contributed by atoms with Crippen molar-refractivity contribution in [1.82, 2.24) is 10.6 Å². The van der Waals surface area contributed by atoms with Crippen LogP contribution in [0.3, 0.4) is 0 Å². The van der Waals surface area contributed by atoms with Gasteiger partial charge in [0.25, 0.3) is 0 Å². The molecule has 1 saturated carbocycles. The van der Waals surface area contributed by atoms with E-state index in [-0.39, 0.29) is 18.2 Å². The molecule has 1 rings (SSSR count). The third-order valence-electron chi connectivity index (χ3n) is 2.85. The summed E-state index contributed by atoms with van der Waals surface area (Å²) in [6.07, 6.45) is 2.82. The first-order chi connectivity index (χ1) is 8.67. The maximum atomic E-state index is 11.7. The maximum absolute atomic E-state index is 11.7. The first kappa shape index (κ1) is 15.4. The number of carbonyl (C=O) groups excluding carboxylic acids is 1. The summed E-state index contributed by atoms with van der Waals surface area (Å²) in [5, 5.41) is 6.17. The van der Waals surface area contributed by atoms with Gasteiger partial charge < -0.3 is 20.1 Å². The molecule has 106 valence electrons. The molecule has 0 spiro atoms. The van der Waals surface area contributed by atoms with Crippen molar-refractivity contribution >= 4 is 5.91 Å². The van der Waals surface area contributed by atoms with Crippen LogP contribution in [0.15, 0.2) is 0 Å². The van der Waals surface area contributed by atoms with Crippen LogP contribution < -0.4 is 10.6 Å². The highest BCUT2D eigenvalue weighted by atomic mass is 16.7. The predicted molar refractivity (Wildman–Crippen MR) is 70.3 cm³/mol. The lowest BCUT2D eigenvalue weighted by Crippen LogP contribution is -2.44. The van der Waals surface area contributed by atoms with Crippen LogP contribution in [0, 0.1) is 0 Å². The van der Waals surface area contributed by atoms with Crippen LogP contribution in [0.4, 0.5) is 0 Å². The molecule has 5 nitrogen and oxygen atoms in total. The quantitative estimate of drug-likeness (QED) is 0.575. The lowest BCUT2D eigenvalue weighted by Gasteiger charge is -2.19. The fourth-order valence-electron chi connectivity index (χ4n) is 1.65. The van der Waals surface area contributed by atoms with E-state index in [0.717, 1.165) is 19.3 Å². The summed E-state index contributed by atoms with van der Waals surface area (Å²) in [6, 6.07) is 0.260. The molecule has 2 N–H and O–H groups in total. The summed E-state index contributed by atoms with van der Waals surface area (Å²) in [6.45, 7) is 7.78. The number of amides is 1. The summed E-state index contributed by atoms with van der Waals surface area (Å²) in [4.78, 5) is 11.7. The molecule has 0 aromatic heterocycles. The Morgan fingerprint density at radius 3 is 2.39 bits per heavy atom. The van der Waals surface area contributed by atoms with Gasteiger partial charge in [-0.05, 0) is 33.6 Å². The zero-order valence-electron chi connectivity index (χ0n) is 11.7. The average molecular weight is 258 g/mol. The smallest absolute Gasteiger partial charge is 0.237 e. The van der Waals surface area contributed by atoms with Gasteiger partial charge in [-0.1, -0.05) is 0 Å². The molecule has 0 heterocycles. The molecule has 0 aliphatic heterocycles. The highest BCUT2D eigenvalue weighted by Gasteiger charge is 2.25. The summed E-state index contributed by atoms with van der Waals surface area (Å²) in [5.41, 5.74) is 0. The standard InChI is InChI=1S/C13H26N2O3/c1-4-17-12(18-5-2)8-9-14-10(3)13(16)15-11-6-7-11/h10-12,14H,4-9H2,1-3H3,(H,15,16). The monoisotopic (exact) mass is 258 g/mol. The number of nitrogens with one attached hydrogen (secondary N) is 2. The van der Waals surface area contributed by atoms with Gasteiger partial charge in [0.15, 0.2) is 6.29 Å². The van der Waals surface area contributed by atoms with Gasteiger partial charge in [0, 0.05) is 32.2 Å². The van der Waals surface area contributed by atoms with Gasteiger partial charge in [0.1, 0.15) is 0 Å². The van der Waals surface area contributed by atoms with Crippen molar-refractivity contribution in [3.05, 3.63) is 0 Å². The molecule has 1 aliphatic carbocycles. The summed E-state index contributed by atoms with van der Waals surface area (Å²) < 4.78 is 10.9. The van der Waals surface area contributed by atoms with Crippen LogP contribution in [0.25, 0.3) is 0 Å². The van der Waals surface area contributed by atoms with Crippen molar-refractivity contribution in [3.8, 4) is 0 Å². The highest BCUT2D eigenvalue weighted by Crippen LogP contribution is 2.18. The first-order valence-corrected chi connectivity index (χ1v) is 6.94. The van der Waals surface area contributed by atoms with Crippen LogP contribution in [0.5, 0.6) is 0 Å². The number of ether oxygens (including phenoxy) is 2. The predicted octanol–water partition coefficient (Wildman–Crippen LogP) is 1.03. The van der Waals surface area contributed by atoms with E-state index >= 15 is 0 Å². The van der Waals surface area contributed by atoms with Crippen LogP contribution in [0.1, 0.15) is 40.0 Å². The topological polar surface area (TPSA) is 59.6 Å². The van der Waals surface area contributed by atoms with Crippen LogP contribution >= 0.6 is 0 Å². The van der Waals surface area contributed by atoms with Gasteiger partial charge >= 0.3 is 0 Å². The van der Waals surface area contributed by atoms with E-state index < -0.39 is 0 Å². The highest BCUT2D eigenvalue weighted by molar-refractivity contribution is 5.81. The van der Waals surface area contributed by atoms with Crippen molar-refractivity contribution in [2.24, 2.45) is 0 Å². The minimum Gasteiger partial charge on any atom is -0.353 e. The van der Waals surface area contributed by atoms with E-state index in [2.05, 4.69) is 10.6 Å². The molecule has 1 unspecified atom stereocenters. The number of hydrogen-bond acceptors (Lipinski definition) is 4. The van der Waals surface area contributed by atoms with Gasteiger partial charge in [-0.25, -0.2) is 0 Å². The second kappa shape index (κ2) is 8.45. The molecule has 1 atom stereocenters. The van der Waals surface area contributed by atoms with Crippen molar-refractivity contribution in [2.75, 3.05) is 19.8 Å². The summed E-state index contributed by atoms with van der Waals surface area (Å²) in [5.74, 6) is 0.0851. The second-order valence-corrected chi connectivity index (χ2v) is 4.59. The SMILES string of the molecule is CCOC(CCNC(C)C(=O)NC1CC1)OCC. The molecule has 5 heteroatoms. The average Bonchev–Trinajstić information content (AvgIpc) is 3.13.